The van der Waals surface area contributed by atoms with Gasteiger partial charge in [0.25, 0.3) is 5.56 Å². The van der Waals surface area contributed by atoms with Crippen molar-refractivity contribution in [1.29, 1.82) is 0 Å². The largest absolute Gasteiger partial charge is 0.363 e. The fourth-order valence-corrected chi connectivity index (χ4v) is 4.48. The number of thiophene rings is 1. The average Bonchev–Trinajstić information content (AvgIpc) is 3.42. The summed E-state index contributed by atoms with van der Waals surface area (Å²) >= 11 is 1.69. The number of aromatic nitrogens is 4. The molecule has 5 rings (SSSR count). The Kier molecular flexibility index (Phi) is 4.69. The molecule has 0 bridgehead atoms. The smallest absolute Gasteiger partial charge is 0.285 e. The van der Waals surface area contributed by atoms with Crippen LogP contribution in [0.3, 0.4) is 0 Å². The highest BCUT2D eigenvalue weighted by Crippen LogP contribution is 2.27. The van der Waals surface area contributed by atoms with Crippen LogP contribution in [0.2, 0.25) is 0 Å². The molecule has 0 radical (unpaired) electrons. The second kappa shape index (κ2) is 7.63. The Balaban J connectivity index is 1.42. The maximum Gasteiger partial charge on any atom is 0.285 e. The minimum absolute atomic E-state index is 0.235. The van der Waals surface area contributed by atoms with Gasteiger partial charge in [0.1, 0.15) is 11.7 Å². The molecule has 4 aromatic rings. The van der Waals surface area contributed by atoms with Gasteiger partial charge < -0.3 is 4.90 Å². The summed E-state index contributed by atoms with van der Waals surface area (Å²) in [5.41, 5.74) is 1.15. The van der Waals surface area contributed by atoms with Crippen LogP contribution in [0.4, 0.5) is 5.00 Å². The van der Waals surface area contributed by atoms with Gasteiger partial charge in [0, 0.05) is 18.0 Å². The van der Waals surface area contributed by atoms with Gasteiger partial charge in [-0.2, -0.15) is 14.9 Å². The predicted molar refractivity (Wildman–Crippen MR) is 117 cm³/mol. The highest BCUT2D eigenvalue weighted by atomic mass is 32.1. The summed E-state index contributed by atoms with van der Waals surface area (Å²) in [7, 11) is 0. The normalized spacial score (nSPS) is 14.8. The minimum Gasteiger partial charge on any atom is -0.363 e. The van der Waals surface area contributed by atoms with Crippen LogP contribution < -0.4 is 10.5 Å². The SMILES string of the molecule is O=c1c2cnn(-c3ccccc3)c2ncn1/N=C\c1ccc(N2CCCCC2)s1. The molecule has 8 heteroatoms. The zero-order chi connectivity index (χ0) is 19.6. The van der Waals surface area contributed by atoms with E-state index >= 15 is 0 Å². The highest BCUT2D eigenvalue weighted by Gasteiger charge is 2.13. The van der Waals surface area contributed by atoms with Crippen molar-refractivity contribution in [1.82, 2.24) is 19.4 Å². The number of piperidine rings is 1. The van der Waals surface area contributed by atoms with E-state index in [4.69, 9.17) is 0 Å². The number of benzene rings is 1. The first-order valence-corrected chi connectivity index (χ1v) is 10.5. The van der Waals surface area contributed by atoms with Crippen molar-refractivity contribution in [3.8, 4) is 5.69 Å². The number of rotatable bonds is 4. The molecule has 0 saturated carbocycles. The number of nitrogens with zero attached hydrogens (tertiary/aromatic N) is 6. The molecule has 1 aromatic carbocycles. The van der Waals surface area contributed by atoms with Crippen molar-refractivity contribution in [2.45, 2.75) is 19.3 Å². The van der Waals surface area contributed by atoms with Gasteiger partial charge in [-0.05, 0) is 43.5 Å². The van der Waals surface area contributed by atoms with Gasteiger partial charge in [0.2, 0.25) is 0 Å². The fourth-order valence-electron chi connectivity index (χ4n) is 3.56. The lowest BCUT2D eigenvalue weighted by Crippen LogP contribution is -2.28. The second-order valence-electron chi connectivity index (χ2n) is 6.99. The van der Waals surface area contributed by atoms with E-state index in [1.807, 2.05) is 36.4 Å². The quantitative estimate of drug-likeness (QED) is 0.488. The molecular weight excluding hydrogens is 384 g/mol. The van der Waals surface area contributed by atoms with Gasteiger partial charge in [-0.15, -0.1) is 11.3 Å². The summed E-state index contributed by atoms with van der Waals surface area (Å²) in [6.45, 7) is 2.23. The van der Waals surface area contributed by atoms with E-state index in [9.17, 15) is 4.79 Å². The molecule has 1 fully saturated rings. The van der Waals surface area contributed by atoms with Crippen LogP contribution in [0.15, 0.2) is 64.9 Å². The molecule has 1 saturated heterocycles. The maximum absolute atomic E-state index is 12.8. The molecule has 0 unspecified atom stereocenters. The maximum atomic E-state index is 12.8. The summed E-state index contributed by atoms with van der Waals surface area (Å²) in [6, 6.07) is 13.8. The Morgan fingerprint density at radius 1 is 1.03 bits per heavy atom. The number of hydrogen-bond acceptors (Lipinski definition) is 6. The molecule has 4 heterocycles. The van der Waals surface area contributed by atoms with E-state index in [0.717, 1.165) is 23.7 Å². The molecule has 1 aliphatic heterocycles. The van der Waals surface area contributed by atoms with E-state index in [0.29, 0.717) is 11.0 Å². The van der Waals surface area contributed by atoms with Crippen molar-refractivity contribution in [2.24, 2.45) is 5.10 Å². The Labute approximate surface area is 171 Å². The monoisotopic (exact) mass is 404 g/mol. The third kappa shape index (κ3) is 3.47. The van der Waals surface area contributed by atoms with Crippen molar-refractivity contribution >= 4 is 33.6 Å². The molecule has 3 aromatic heterocycles. The molecule has 0 atom stereocenters. The van der Waals surface area contributed by atoms with Crippen LogP contribution in [-0.2, 0) is 0 Å². The van der Waals surface area contributed by atoms with E-state index in [1.165, 1.54) is 35.3 Å². The summed E-state index contributed by atoms with van der Waals surface area (Å²) in [5.74, 6) is 0. The van der Waals surface area contributed by atoms with Crippen LogP contribution in [-0.4, -0.2) is 38.7 Å². The van der Waals surface area contributed by atoms with Crippen LogP contribution in [0.25, 0.3) is 16.7 Å². The van der Waals surface area contributed by atoms with E-state index in [1.54, 1.807) is 28.4 Å². The molecule has 1 aliphatic rings. The first-order valence-electron chi connectivity index (χ1n) is 9.69. The Morgan fingerprint density at radius 2 is 1.86 bits per heavy atom. The highest BCUT2D eigenvalue weighted by molar-refractivity contribution is 7.17. The number of fused-ring (bicyclic) bond motifs is 1. The molecule has 0 N–H and O–H groups in total. The van der Waals surface area contributed by atoms with Gasteiger partial charge in [-0.1, -0.05) is 18.2 Å². The Morgan fingerprint density at radius 3 is 2.69 bits per heavy atom. The molecular formula is C21H20N6OS. The lowest BCUT2D eigenvalue weighted by Gasteiger charge is -2.27. The van der Waals surface area contributed by atoms with Gasteiger partial charge in [-0.3, -0.25) is 4.79 Å². The average molecular weight is 404 g/mol. The molecule has 146 valence electrons. The first kappa shape index (κ1) is 17.8. The van der Waals surface area contributed by atoms with Crippen LogP contribution in [0.1, 0.15) is 24.1 Å². The zero-order valence-electron chi connectivity index (χ0n) is 15.8. The minimum atomic E-state index is -0.235. The van der Waals surface area contributed by atoms with E-state index in [2.05, 4.69) is 26.2 Å². The Hall–Kier alpha value is -3.26. The van der Waals surface area contributed by atoms with Crippen LogP contribution >= 0.6 is 11.3 Å². The van der Waals surface area contributed by atoms with Gasteiger partial charge >= 0.3 is 0 Å². The van der Waals surface area contributed by atoms with Crippen molar-refractivity contribution < 1.29 is 0 Å². The number of hydrogen-bond donors (Lipinski definition) is 0. The number of anilines is 1. The molecule has 7 nitrogen and oxygen atoms in total. The number of para-hydroxylation sites is 1. The predicted octanol–water partition coefficient (Wildman–Crippen LogP) is 3.52. The molecule has 0 spiro atoms. The van der Waals surface area contributed by atoms with Crippen LogP contribution in [0, 0.1) is 0 Å². The van der Waals surface area contributed by atoms with Crippen molar-refractivity contribution in [2.75, 3.05) is 18.0 Å². The summed E-state index contributed by atoms with van der Waals surface area (Å²) in [5, 5.41) is 10.4. The van der Waals surface area contributed by atoms with E-state index < -0.39 is 0 Å². The van der Waals surface area contributed by atoms with Crippen LogP contribution in [0.5, 0.6) is 0 Å². The third-order valence-corrected chi connectivity index (χ3v) is 6.14. The third-order valence-electron chi connectivity index (χ3n) is 5.06. The molecule has 29 heavy (non-hydrogen) atoms. The van der Waals surface area contributed by atoms with Gasteiger partial charge in [0.15, 0.2) is 5.65 Å². The summed E-state index contributed by atoms with van der Waals surface area (Å²) in [6.07, 6.45) is 8.52. The summed E-state index contributed by atoms with van der Waals surface area (Å²) < 4.78 is 2.93. The van der Waals surface area contributed by atoms with Crippen molar-refractivity contribution in [3.63, 3.8) is 0 Å². The standard InChI is InChI=1S/C21H20N6OS/c28-21-18-14-24-27(16-7-3-1-4-8-16)20(18)22-15-26(21)23-13-17-9-10-19(29-17)25-11-5-2-6-12-25/h1,3-4,7-10,13-15H,2,5-6,11-12H2/b23-13-. The Bertz CT molecular complexity index is 1220. The lowest BCUT2D eigenvalue weighted by molar-refractivity contribution is 0.580. The zero-order valence-corrected chi connectivity index (χ0v) is 16.6. The summed E-state index contributed by atoms with van der Waals surface area (Å²) in [4.78, 5) is 20.6. The van der Waals surface area contributed by atoms with Gasteiger partial charge in [-0.25, -0.2) is 9.67 Å². The topological polar surface area (TPSA) is 68.3 Å². The van der Waals surface area contributed by atoms with Crippen molar-refractivity contribution in [3.05, 3.63) is 70.2 Å². The lowest BCUT2D eigenvalue weighted by atomic mass is 10.1. The first-order chi connectivity index (χ1) is 14.3. The second-order valence-corrected chi connectivity index (χ2v) is 8.09. The fraction of sp³-hybridized carbons (Fsp3) is 0.238. The molecule has 0 aliphatic carbocycles. The molecule has 0 amide bonds. The van der Waals surface area contributed by atoms with E-state index in [-0.39, 0.29) is 5.56 Å². The van der Waals surface area contributed by atoms with Gasteiger partial charge in [0.05, 0.1) is 23.1 Å².